The van der Waals surface area contributed by atoms with E-state index in [4.69, 9.17) is 5.11 Å². The van der Waals surface area contributed by atoms with E-state index in [-0.39, 0.29) is 18.1 Å². The van der Waals surface area contributed by atoms with Crippen molar-refractivity contribution in [3.8, 4) is 5.69 Å². The van der Waals surface area contributed by atoms with Crippen molar-refractivity contribution in [1.82, 2.24) is 9.55 Å². The quantitative estimate of drug-likeness (QED) is 0.820. The molecule has 0 amide bonds. The molecule has 0 fully saturated rings. The maximum atomic E-state index is 12.3. The van der Waals surface area contributed by atoms with Crippen molar-refractivity contribution >= 4 is 11.8 Å². The minimum absolute atomic E-state index is 0.0149. The summed E-state index contributed by atoms with van der Waals surface area (Å²) in [6.45, 7) is 1.73. The van der Waals surface area contributed by atoms with Crippen molar-refractivity contribution < 1.29 is 14.7 Å². The Bertz CT molecular complexity index is 605. The summed E-state index contributed by atoms with van der Waals surface area (Å²) in [6.07, 6.45) is 3.60. The molecule has 0 aliphatic carbocycles. The van der Waals surface area contributed by atoms with E-state index in [1.54, 1.807) is 23.9 Å². The predicted octanol–water partition coefficient (Wildman–Crippen LogP) is 2.56. The zero-order valence-electron chi connectivity index (χ0n) is 11.2. The van der Waals surface area contributed by atoms with Crippen LogP contribution in [0.15, 0.2) is 42.7 Å². The van der Waals surface area contributed by atoms with Crippen molar-refractivity contribution in [3.05, 3.63) is 48.5 Å². The third-order valence-electron chi connectivity index (χ3n) is 3.13. The molecule has 0 bridgehead atoms. The van der Waals surface area contributed by atoms with Crippen molar-refractivity contribution in [3.63, 3.8) is 0 Å². The summed E-state index contributed by atoms with van der Waals surface area (Å²) >= 11 is 0. The number of imidazole rings is 1. The highest BCUT2D eigenvalue weighted by atomic mass is 16.4. The molecule has 5 heteroatoms. The molecule has 1 N–H and O–H groups in total. The fourth-order valence-electron chi connectivity index (χ4n) is 1.97. The number of benzene rings is 1. The molecule has 0 saturated carbocycles. The molecule has 20 heavy (non-hydrogen) atoms. The predicted molar refractivity (Wildman–Crippen MR) is 73.9 cm³/mol. The van der Waals surface area contributed by atoms with Gasteiger partial charge in [-0.05, 0) is 18.6 Å². The molecule has 0 aliphatic heterocycles. The number of Topliss-reactive ketones (excluding diaryl/α,β-unsaturated/α-hetero) is 1. The summed E-state index contributed by atoms with van der Waals surface area (Å²) < 4.78 is 1.72. The van der Waals surface area contributed by atoms with Crippen molar-refractivity contribution in [2.24, 2.45) is 5.92 Å². The second-order valence-electron chi connectivity index (χ2n) is 4.65. The largest absolute Gasteiger partial charge is 0.481 e. The van der Waals surface area contributed by atoms with E-state index in [0.29, 0.717) is 12.2 Å². The summed E-state index contributed by atoms with van der Waals surface area (Å²) in [5, 5.41) is 8.68. The minimum Gasteiger partial charge on any atom is -0.481 e. The molecule has 1 aromatic carbocycles. The molecule has 104 valence electrons. The second kappa shape index (κ2) is 6.14. The smallest absolute Gasteiger partial charge is 0.303 e. The lowest BCUT2D eigenvalue weighted by atomic mass is 10.00. The molecule has 0 radical (unpaired) electrons. The first-order chi connectivity index (χ1) is 9.59. The van der Waals surface area contributed by atoms with E-state index in [1.165, 1.54) is 0 Å². The Balaban J connectivity index is 2.20. The zero-order valence-corrected chi connectivity index (χ0v) is 11.2. The van der Waals surface area contributed by atoms with Gasteiger partial charge in [-0.2, -0.15) is 0 Å². The highest BCUT2D eigenvalue weighted by Gasteiger charge is 2.21. The van der Waals surface area contributed by atoms with E-state index in [1.807, 2.05) is 30.3 Å². The summed E-state index contributed by atoms with van der Waals surface area (Å²) in [6, 6.07) is 9.45. The number of carbonyl (C=O) groups excluding carboxylic acids is 1. The number of nitrogens with zero attached hydrogens (tertiary/aromatic N) is 2. The summed E-state index contributed by atoms with van der Waals surface area (Å²) in [4.78, 5) is 27.0. The first-order valence-electron chi connectivity index (χ1n) is 6.44. The van der Waals surface area contributed by atoms with Gasteiger partial charge in [-0.25, -0.2) is 4.98 Å². The number of rotatable bonds is 6. The standard InChI is InChI=1S/C15H16N2O3/c1-11(7-8-13(18)19)14(20)15-16-9-10-17(15)12-5-3-2-4-6-12/h2-6,9-11H,7-8H2,1H3,(H,18,19). The number of hydrogen-bond acceptors (Lipinski definition) is 3. The average molecular weight is 272 g/mol. The Hall–Kier alpha value is -2.43. The Morgan fingerprint density at radius 1 is 1.30 bits per heavy atom. The van der Waals surface area contributed by atoms with E-state index in [2.05, 4.69) is 4.98 Å². The van der Waals surface area contributed by atoms with Crippen LogP contribution in [-0.2, 0) is 4.79 Å². The van der Waals surface area contributed by atoms with Crippen LogP contribution in [0.4, 0.5) is 0 Å². The van der Waals surface area contributed by atoms with Gasteiger partial charge in [-0.3, -0.25) is 14.2 Å². The lowest BCUT2D eigenvalue weighted by molar-refractivity contribution is -0.137. The van der Waals surface area contributed by atoms with Crippen LogP contribution in [0.1, 0.15) is 30.4 Å². The Morgan fingerprint density at radius 3 is 2.65 bits per heavy atom. The van der Waals surface area contributed by atoms with Crippen LogP contribution < -0.4 is 0 Å². The monoisotopic (exact) mass is 272 g/mol. The highest BCUT2D eigenvalue weighted by molar-refractivity contribution is 5.95. The molecule has 0 aliphatic rings. The van der Waals surface area contributed by atoms with Gasteiger partial charge < -0.3 is 5.11 Å². The average Bonchev–Trinajstić information content (AvgIpc) is 2.94. The Morgan fingerprint density at radius 2 is 2.00 bits per heavy atom. The number of carboxylic acids is 1. The summed E-state index contributed by atoms with van der Waals surface area (Å²) in [7, 11) is 0. The number of ketones is 1. The van der Waals surface area contributed by atoms with Gasteiger partial charge in [0.05, 0.1) is 0 Å². The van der Waals surface area contributed by atoms with Crippen LogP contribution in [0.5, 0.6) is 0 Å². The van der Waals surface area contributed by atoms with Gasteiger partial charge in [-0.15, -0.1) is 0 Å². The van der Waals surface area contributed by atoms with Crippen LogP contribution in [0, 0.1) is 5.92 Å². The number of hydrogen-bond donors (Lipinski definition) is 1. The summed E-state index contributed by atoms with van der Waals surface area (Å²) in [5.74, 6) is -1.05. The van der Waals surface area contributed by atoms with Gasteiger partial charge in [0, 0.05) is 30.4 Å². The van der Waals surface area contributed by atoms with Gasteiger partial charge >= 0.3 is 5.97 Å². The van der Waals surface area contributed by atoms with Crippen LogP contribution in [0.2, 0.25) is 0 Å². The zero-order chi connectivity index (χ0) is 14.5. The van der Waals surface area contributed by atoms with E-state index in [9.17, 15) is 9.59 Å². The lowest BCUT2D eigenvalue weighted by Crippen LogP contribution is -2.17. The van der Waals surface area contributed by atoms with Gasteiger partial charge in [0.2, 0.25) is 5.78 Å². The molecule has 2 rings (SSSR count). The number of para-hydroxylation sites is 1. The lowest BCUT2D eigenvalue weighted by Gasteiger charge is -2.11. The molecule has 5 nitrogen and oxygen atoms in total. The third-order valence-corrected chi connectivity index (χ3v) is 3.13. The molecule has 1 heterocycles. The second-order valence-corrected chi connectivity index (χ2v) is 4.65. The fourth-order valence-corrected chi connectivity index (χ4v) is 1.97. The maximum Gasteiger partial charge on any atom is 0.303 e. The van der Waals surface area contributed by atoms with Crippen LogP contribution >= 0.6 is 0 Å². The van der Waals surface area contributed by atoms with Crippen LogP contribution in [0.25, 0.3) is 5.69 Å². The molecule has 0 saturated heterocycles. The number of aliphatic carboxylic acids is 1. The highest BCUT2D eigenvalue weighted by Crippen LogP contribution is 2.16. The first-order valence-corrected chi connectivity index (χ1v) is 6.44. The van der Waals surface area contributed by atoms with E-state index < -0.39 is 5.97 Å². The number of aromatic nitrogens is 2. The van der Waals surface area contributed by atoms with Gasteiger partial charge in [0.25, 0.3) is 0 Å². The fraction of sp³-hybridized carbons (Fsp3) is 0.267. The van der Waals surface area contributed by atoms with E-state index >= 15 is 0 Å². The van der Waals surface area contributed by atoms with Gasteiger partial charge in [-0.1, -0.05) is 25.1 Å². The van der Waals surface area contributed by atoms with Gasteiger partial charge in [0.15, 0.2) is 5.82 Å². The molecular formula is C15H16N2O3. The maximum absolute atomic E-state index is 12.3. The molecular weight excluding hydrogens is 256 g/mol. The van der Waals surface area contributed by atoms with Crippen molar-refractivity contribution in [1.29, 1.82) is 0 Å². The summed E-state index contributed by atoms with van der Waals surface area (Å²) in [5.41, 5.74) is 0.860. The molecule has 1 unspecified atom stereocenters. The molecule has 0 spiro atoms. The molecule has 1 aromatic heterocycles. The van der Waals surface area contributed by atoms with Crippen molar-refractivity contribution in [2.75, 3.05) is 0 Å². The Labute approximate surface area is 116 Å². The van der Waals surface area contributed by atoms with Crippen LogP contribution in [0.3, 0.4) is 0 Å². The van der Waals surface area contributed by atoms with Gasteiger partial charge in [0.1, 0.15) is 0 Å². The normalized spacial score (nSPS) is 12.1. The third kappa shape index (κ3) is 3.12. The first kappa shape index (κ1) is 14.0. The Kier molecular flexibility index (Phi) is 4.30. The minimum atomic E-state index is -0.893. The van der Waals surface area contributed by atoms with Crippen LogP contribution in [-0.4, -0.2) is 26.4 Å². The molecule has 1 atom stereocenters. The van der Waals surface area contributed by atoms with Crippen molar-refractivity contribution in [2.45, 2.75) is 19.8 Å². The van der Waals surface area contributed by atoms with E-state index in [0.717, 1.165) is 5.69 Å². The SMILES string of the molecule is CC(CCC(=O)O)C(=O)c1nccn1-c1ccccc1. The topological polar surface area (TPSA) is 72.2 Å². The number of carbonyl (C=O) groups is 2. The number of carboxylic acid groups (broad SMARTS) is 1. The molecule has 2 aromatic rings.